The molecule has 0 spiro atoms. The van der Waals surface area contributed by atoms with E-state index in [9.17, 15) is 0 Å². The van der Waals surface area contributed by atoms with Crippen LogP contribution in [0.1, 0.15) is 42.5 Å². The van der Waals surface area contributed by atoms with Crippen molar-refractivity contribution in [3.05, 3.63) is 34.9 Å². The Hall–Kier alpha value is -0.860. The summed E-state index contributed by atoms with van der Waals surface area (Å²) in [6, 6.07) is 7.52. The second-order valence-electron chi connectivity index (χ2n) is 5.69. The van der Waals surface area contributed by atoms with E-state index in [0.717, 1.165) is 13.0 Å². The van der Waals surface area contributed by atoms with Crippen molar-refractivity contribution in [3.63, 3.8) is 0 Å². The second kappa shape index (κ2) is 5.85. The molecule has 0 saturated heterocycles. The summed E-state index contributed by atoms with van der Waals surface area (Å²) in [5.41, 5.74) is 10.5. The van der Waals surface area contributed by atoms with Gasteiger partial charge in [0.15, 0.2) is 0 Å². The first-order valence-electron chi connectivity index (χ1n) is 7.15. The molecule has 1 aromatic rings. The third-order valence-corrected chi connectivity index (χ3v) is 4.29. The van der Waals surface area contributed by atoms with E-state index in [1.54, 1.807) is 11.1 Å². The number of benzene rings is 1. The highest BCUT2D eigenvalue weighted by Crippen LogP contribution is 2.32. The van der Waals surface area contributed by atoms with Gasteiger partial charge in [-0.3, -0.25) is 0 Å². The molecular weight excluding hydrogens is 220 g/mol. The van der Waals surface area contributed by atoms with E-state index in [2.05, 4.69) is 44.1 Å². The van der Waals surface area contributed by atoms with Crippen LogP contribution < -0.4 is 5.73 Å². The molecule has 2 rings (SSSR count). The van der Waals surface area contributed by atoms with Crippen LogP contribution in [-0.2, 0) is 12.8 Å². The van der Waals surface area contributed by atoms with Crippen LogP contribution in [0.25, 0.3) is 0 Å². The fraction of sp³-hybridized carbons (Fsp3) is 0.625. The van der Waals surface area contributed by atoms with E-state index in [1.807, 2.05) is 0 Å². The maximum Gasteiger partial charge on any atom is 0.0382 e. The largest absolute Gasteiger partial charge is 0.330 e. The number of rotatable bonds is 5. The fourth-order valence-corrected chi connectivity index (χ4v) is 3.29. The van der Waals surface area contributed by atoms with Crippen LogP contribution in [0.15, 0.2) is 18.2 Å². The average molecular weight is 246 g/mol. The highest BCUT2D eigenvalue weighted by molar-refractivity contribution is 5.36. The number of nitrogens with zero attached hydrogens (tertiary/aromatic N) is 1. The summed E-state index contributed by atoms with van der Waals surface area (Å²) in [5, 5.41) is 0. The van der Waals surface area contributed by atoms with Gasteiger partial charge in [0.2, 0.25) is 0 Å². The minimum Gasteiger partial charge on any atom is -0.330 e. The molecule has 1 aromatic carbocycles. The van der Waals surface area contributed by atoms with Crippen molar-refractivity contribution in [1.82, 2.24) is 4.90 Å². The van der Waals surface area contributed by atoms with Crippen molar-refractivity contribution in [2.75, 3.05) is 20.6 Å². The highest BCUT2D eigenvalue weighted by Gasteiger charge is 2.24. The van der Waals surface area contributed by atoms with E-state index < -0.39 is 0 Å². The van der Waals surface area contributed by atoms with Gasteiger partial charge in [-0.2, -0.15) is 0 Å². The zero-order chi connectivity index (χ0) is 13.1. The Morgan fingerprint density at radius 3 is 2.56 bits per heavy atom. The molecule has 2 atom stereocenters. The normalized spacial score (nSPS) is 17.8. The molecule has 0 heterocycles. The summed E-state index contributed by atoms with van der Waals surface area (Å²) in [6.45, 7) is 3.00. The van der Waals surface area contributed by atoms with Crippen LogP contribution in [-0.4, -0.2) is 25.5 Å². The van der Waals surface area contributed by atoms with Gasteiger partial charge in [-0.1, -0.05) is 31.5 Å². The molecule has 0 aliphatic heterocycles. The van der Waals surface area contributed by atoms with Gasteiger partial charge in [-0.05, 0) is 62.5 Å². The monoisotopic (exact) mass is 246 g/mol. The highest BCUT2D eigenvalue weighted by atomic mass is 15.1. The number of aryl methyl sites for hydroxylation is 2. The summed E-state index contributed by atoms with van der Waals surface area (Å²) in [4.78, 5) is 2.32. The SMILES string of the molecule is CCC(CN)C(c1ccc2c(c1)CCC2)N(C)C. The Labute approximate surface area is 111 Å². The number of nitrogens with two attached hydrogens (primary N) is 1. The summed E-state index contributed by atoms with van der Waals surface area (Å²) in [5.74, 6) is 0.541. The van der Waals surface area contributed by atoms with Gasteiger partial charge in [0.25, 0.3) is 0 Å². The smallest absolute Gasteiger partial charge is 0.0382 e. The predicted molar refractivity (Wildman–Crippen MR) is 77.7 cm³/mol. The lowest BCUT2D eigenvalue weighted by molar-refractivity contribution is 0.211. The third kappa shape index (κ3) is 2.60. The van der Waals surface area contributed by atoms with Gasteiger partial charge in [0, 0.05) is 6.04 Å². The summed E-state index contributed by atoms with van der Waals surface area (Å²) >= 11 is 0. The quantitative estimate of drug-likeness (QED) is 0.865. The minimum absolute atomic E-state index is 0.450. The first kappa shape index (κ1) is 13.6. The number of hydrogen-bond donors (Lipinski definition) is 1. The van der Waals surface area contributed by atoms with Gasteiger partial charge in [0.05, 0.1) is 0 Å². The molecule has 0 radical (unpaired) electrons. The van der Waals surface area contributed by atoms with Crippen LogP contribution in [0.2, 0.25) is 0 Å². The fourth-order valence-electron chi connectivity index (χ4n) is 3.29. The van der Waals surface area contributed by atoms with Gasteiger partial charge < -0.3 is 10.6 Å². The Bertz CT molecular complexity index is 394. The summed E-state index contributed by atoms with van der Waals surface area (Å²) < 4.78 is 0. The van der Waals surface area contributed by atoms with Crippen molar-refractivity contribution >= 4 is 0 Å². The van der Waals surface area contributed by atoms with Crippen molar-refractivity contribution < 1.29 is 0 Å². The van der Waals surface area contributed by atoms with E-state index in [1.165, 1.54) is 24.8 Å². The molecule has 0 saturated carbocycles. The first-order valence-corrected chi connectivity index (χ1v) is 7.15. The first-order chi connectivity index (χ1) is 8.67. The molecule has 0 fully saturated rings. The van der Waals surface area contributed by atoms with Crippen LogP contribution in [0.3, 0.4) is 0 Å². The molecule has 18 heavy (non-hydrogen) atoms. The Balaban J connectivity index is 2.31. The molecular formula is C16H26N2. The van der Waals surface area contributed by atoms with Crippen LogP contribution in [0.5, 0.6) is 0 Å². The standard InChI is InChI=1S/C16H26N2/c1-4-12(11-17)16(18(2)3)15-9-8-13-6-5-7-14(13)10-15/h8-10,12,16H,4-7,11,17H2,1-3H3. The molecule has 2 heteroatoms. The Morgan fingerprint density at radius 1 is 1.22 bits per heavy atom. The number of fused-ring (bicyclic) bond motifs is 1. The van der Waals surface area contributed by atoms with E-state index in [4.69, 9.17) is 5.73 Å². The maximum atomic E-state index is 5.95. The molecule has 0 bridgehead atoms. The third-order valence-electron chi connectivity index (χ3n) is 4.29. The summed E-state index contributed by atoms with van der Waals surface area (Å²) in [6.07, 6.45) is 4.97. The van der Waals surface area contributed by atoms with Crippen molar-refractivity contribution in [3.8, 4) is 0 Å². The molecule has 2 unspecified atom stereocenters. The average Bonchev–Trinajstić information content (AvgIpc) is 2.82. The molecule has 2 N–H and O–H groups in total. The molecule has 0 amide bonds. The van der Waals surface area contributed by atoms with Crippen LogP contribution in [0, 0.1) is 5.92 Å². The minimum atomic E-state index is 0.450. The van der Waals surface area contributed by atoms with Gasteiger partial charge in [-0.15, -0.1) is 0 Å². The zero-order valence-corrected chi connectivity index (χ0v) is 11.9. The van der Waals surface area contributed by atoms with Crippen LogP contribution >= 0.6 is 0 Å². The topological polar surface area (TPSA) is 29.3 Å². The lowest BCUT2D eigenvalue weighted by Gasteiger charge is -2.32. The lowest BCUT2D eigenvalue weighted by atomic mass is 9.88. The van der Waals surface area contributed by atoms with Crippen LogP contribution in [0.4, 0.5) is 0 Å². The maximum absolute atomic E-state index is 5.95. The van der Waals surface area contributed by atoms with Crippen molar-refractivity contribution in [1.29, 1.82) is 0 Å². The molecule has 100 valence electrons. The lowest BCUT2D eigenvalue weighted by Crippen LogP contribution is -2.31. The van der Waals surface area contributed by atoms with E-state index in [0.29, 0.717) is 12.0 Å². The van der Waals surface area contributed by atoms with E-state index >= 15 is 0 Å². The summed E-state index contributed by atoms with van der Waals surface area (Å²) in [7, 11) is 4.33. The molecule has 2 nitrogen and oxygen atoms in total. The Kier molecular flexibility index (Phi) is 4.41. The molecule has 0 aromatic heterocycles. The van der Waals surface area contributed by atoms with Gasteiger partial charge >= 0.3 is 0 Å². The van der Waals surface area contributed by atoms with Crippen molar-refractivity contribution in [2.24, 2.45) is 11.7 Å². The number of hydrogen-bond acceptors (Lipinski definition) is 2. The van der Waals surface area contributed by atoms with Crippen molar-refractivity contribution in [2.45, 2.75) is 38.6 Å². The van der Waals surface area contributed by atoms with E-state index in [-0.39, 0.29) is 0 Å². The predicted octanol–water partition coefficient (Wildman–Crippen LogP) is 2.76. The molecule has 1 aliphatic rings. The molecule has 1 aliphatic carbocycles. The van der Waals surface area contributed by atoms with Gasteiger partial charge in [-0.25, -0.2) is 0 Å². The second-order valence-corrected chi connectivity index (χ2v) is 5.69. The van der Waals surface area contributed by atoms with Gasteiger partial charge in [0.1, 0.15) is 0 Å². The zero-order valence-electron chi connectivity index (χ0n) is 11.9. The Morgan fingerprint density at radius 2 is 1.94 bits per heavy atom.